The number of anilines is 1. The van der Waals surface area contributed by atoms with E-state index < -0.39 is 17.8 Å². The number of amides is 4. The lowest BCUT2D eigenvalue weighted by molar-refractivity contribution is -0.127. The Labute approximate surface area is 145 Å². The van der Waals surface area contributed by atoms with Gasteiger partial charge in [0.1, 0.15) is 12.2 Å². The minimum atomic E-state index is -0.605. The van der Waals surface area contributed by atoms with E-state index in [1.54, 1.807) is 18.2 Å². The number of nitrogens with zero attached hydrogens (tertiary/aromatic N) is 1. The largest absolute Gasteiger partial charge is 0.329 e. The molecule has 0 bridgehead atoms. The molecule has 25 heavy (non-hydrogen) atoms. The highest BCUT2D eigenvalue weighted by Crippen LogP contribution is 2.14. The van der Waals surface area contributed by atoms with Crippen molar-refractivity contribution in [3.05, 3.63) is 71.4 Å². The Morgan fingerprint density at radius 2 is 1.76 bits per heavy atom. The summed E-state index contributed by atoms with van der Waals surface area (Å²) >= 11 is 0. The van der Waals surface area contributed by atoms with Crippen LogP contribution in [0.2, 0.25) is 0 Å². The first-order chi connectivity index (χ1) is 12.0. The number of carbonyl (C=O) groups is 3. The normalized spacial score (nSPS) is 15.4. The van der Waals surface area contributed by atoms with Crippen molar-refractivity contribution in [2.24, 2.45) is 0 Å². The number of rotatable bonds is 4. The van der Waals surface area contributed by atoms with E-state index >= 15 is 0 Å². The molecular weight excluding hydrogens is 318 g/mol. The lowest BCUT2D eigenvalue weighted by Crippen LogP contribution is -2.38. The standard InChI is InChI=1S/C19H17N3O3/c1-13-7-9-15(10-8-13)20-17(23)12-22-18(24)16(21-19(22)25)11-14-5-3-2-4-6-14/h2-11H,12H2,1H3,(H,20,23)(H,21,25). The molecule has 2 aromatic rings. The van der Waals surface area contributed by atoms with Crippen molar-refractivity contribution in [2.75, 3.05) is 11.9 Å². The van der Waals surface area contributed by atoms with Gasteiger partial charge in [0.25, 0.3) is 5.91 Å². The summed E-state index contributed by atoms with van der Waals surface area (Å²) in [4.78, 5) is 37.3. The number of hydrogen-bond acceptors (Lipinski definition) is 3. The fourth-order valence-electron chi connectivity index (χ4n) is 2.41. The summed E-state index contributed by atoms with van der Waals surface area (Å²) in [6, 6.07) is 15.8. The van der Waals surface area contributed by atoms with Crippen LogP contribution in [0.5, 0.6) is 0 Å². The van der Waals surface area contributed by atoms with Gasteiger partial charge in [0, 0.05) is 5.69 Å². The molecule has 0 unspecified atom stereocenters. The van der Waals surface area contributed by atoms with Gasteiger partial charge in [0.2, 0.25) is 5.91 Å². The fraction of sp³-hybridized carbons (Fsp3) is 0.105. The summed E-state index contributed by atoms with van der Waals surface area (Å²) in [6.45, 7) is 1.60. The minimum Gasteiger partial charge on any atom is -0.325 e. The second kappa shape index (κ2) is 7.00. The average Bonchev–Trinajstić information content (AvgIpc) is 2.85. The van der Waals surface area contributed by atoms with Crippen molar-refractivity contribution in [2.45, 2.75) is 6.92 Å². The number of imide groups is 1. The lowest BCUT2D eigenvalue weighted by atomic mass is 10.2. The quantitative estimate of drug-likeness (QED) is 0.666. The van der Waals surface area contributed by atoms with Gasteiger partial charge in [-0.05, 0) is 30.7 Å². The van der Waals surface area contributed by atoms with Crippen LogP contribution in [0.1, 0.15) is 11.1 Å². The van der Waals surface area contributed by atoms with Gasteiger partial charge in [-0.25, -0.2) is 9.69 Å². The van der Waals surface area contributed by atoms with Crippen LogP contribution in [0.15, 0.2) is 60.3 Å². The summed E-state index contributed by atoms with van der Waals surface area (Å²) in [5.41, 5.74) is 2.63. The number of aryl methyl sites for hydroxylation is 1. The Bertz CT molecular complexity index is 842. The summed E-state index contributed by atoms with van der Waals surface area (Å²) in [5, 5.41) is 5.17. The molecule has 4 amide bonds. The molecule has 0 aromatic heterocycles. The van der Waals surface area contributed by atoms with E-state index in [1.165, 1.54) is 0 Å². The molecule has 1 aliphatic rings. The van der Waals surface area contributed by atoms with Gasteiger partial charge in [-0.1, -0.05) is 48.0 Å². The van der Waals surface area contributed by atoms with Crippen LogP contribution in [0.4, 0.5) is 10.5 Å². The van der Waals surface area contributed by atoms with Crippen molar-refractivity contribution in [3.8, 4) is 0 Å². The van der Waals surface area contributed by atoms with E-state index in [0.29, 0.717) is 5.69 Å². The van der Waals surface area contributed by atoms with E-state index in [2.05, 4.69) is 10.6 Å². The number of hydrogen-bond donors (Lipinski definition) is 2. The first-order valence-electron chi connectivity index (χ1n) is 7.79. The molecule has 1 saturated heterocycles. The molecule has 126 valence electrons. The summed E-state index contributed by atoms with van der Waals surface area (Å²) in [5.74, 6) is -0.957. The van der Waals surface area contributed by atoms with Gasteiger partial charge in [-0.2, -0.15) is 0 Å². The van der Waals surface area contributed by atoms with Gasteiger partial charge in [-0.15, -0.1) is 0 Å². The fourth-order valence-corrected chi connectivity index (χ4v) is 2.41. The molecule has 6 nitrogen and oxygen atoms in total. The van der Waals surface area contributed by atoms with Gasteiger partial charge in [0.05, 0.1) is 0 Å². The van der Waals surface area contributed by atoms with Crippen LogP contribution in [0, 0.1) is 6.92 Å². The van der Waals surface area contributed by atoms with Crippen LogP contribution in [0.25, 0.3) is 6.08 Å². The molecule has 1 aliphatic heterocycles. The minimum absolute atomic E-state index is 0.152. The van der Waals surface area contributed by atoms with Crippen LogP contribution < -0.4 is 10.6 Å². The Morgan fingerprint density at radius 3 is 2.44 bits per heavy atom. The highest BCUT2D eigenvalue weighted by atomic mass is 16.2. The van der Waals surface area contributed by atoms with Crippen LogP contribution in [-0.4, -0.2) is 29.3 Å². The van der Waals surface area contributed by atoms with Gasteiger partial charge in [-0.3, -0.25) is 9.59 Å². The maximum Gasteiger partial charge on any atom is 0.329 e. The molecular formula is C19H17N3O3. The lowest BCUT2D eigenvalue weighted by Gasteiger charge is -2.12. The van der Waals surface area contributed by atoms with E-state index in [4.69, 9.17) is 0 Å². The molecule has 3 rings (SSSR count). The monoisotopic (exact) mass is 335 g/mol. The molecule has 2 N–H and O–H groups in total. The molecule has 0 radical (unpaired) electrons. The highest BCUT2D eigenvalue weighted by molar-refractivity contribution is 6.15. The molecule has 0 saturated carbocycles. The van der Waals surface area contributed by atoms with E-state index in [1.807, 2.05) is 49.4 Å². The Balaban J connectivity index is 1.67. The molecule has 0 spiro atoms. The van der Waals surface area contributed by atoms with Gasteiger partial charge < -0.3 is 10.6 Å². The van der Waals surface area contributed by atoms with Gasteiger partial charge >= 0.3 is 6.03 Å². The summed E-state index contributed by atoms with van der Waals surface area (Å²) in [7, 11) is 0. The molecule has 6 heteroatoms. The van der Waals surface area contributed by atoms with E-state index in [-0.39, 0.29) is 12.2 Å². The zero-order valence-corrected chi connectivity index (χ0v) is 13.7. The number of urea groups is 1. The third-order valence-electron chi connectivity index (χ3n) is 3.71. The van der Waals surface area contributed by atoms with Crippen molar-refractivity contribution < 1.29 is 14.4 Å². The predicted octanol–water partition coefficient (Wildman–Crippen LogP) is 2.53. The molecule has 0 aliphatic carbocycles. The molecule has 0 atom stereocenters. The zero-order chi connectivity index (χ0) is 17.8. The van der Waals surface area contributed by atoms with Gasteiger partial charge in [0.15, 0.2) is 0 Å². The first-order valence-corrected chi connectivity index (χ1v) is 7.79. The number of carbonyl (C=O) groups excluding carboxylic acids is 3. The number of benzene rings is 2. The van der Waals surface area contributed by atoms with Crippen LogP contribution in [0.3, 0.4) is 0 Å². The Kier molecular flexibility index (Phi) is 4.61. The average molecular weight is 335 g/mol. The third-order valence-corrected chi connectivity index (χ3v) is 3.71. The second-order valence-corrected chi connectivity index (χ2v) is 5.70. The van der Waals surface area contributed by atoms with Crippen molar-refractivity contribution >= 4 is 29.6 Å². The Hall–Kier alpha value is -3.41. The first kappa shape index (κ1) is 16.4. The number of nitrogens with one attached hydrogen (secondary N) is 2. The Morgan fingerprint density at radius 1 is 1.08 bits per heavy atom. The second-order valence-electron chi connectivity index (χ2n) is 5.70. The topological polar surface area (TPSA) is 78.5 Å². The summed E-state index contributed by atoms with van der Waals surface area (Å²) in [6.07, 6.45) is 1.58. The predicted molar refractivity (Wildman–Crippen MR) is 94.5 cm³/mol. The smallest absolute Gasteiger partial charge is 0.325 e. The van der Waals surface area contributed by atoms with Crippen LogP contribution >= 0.6 is 0 Å². The maximum atomic E-state index is 12.3. The molecule has 2 aromatic carbocycles. The van der Waals surface area contributed by atoms with Crippen LogP contribution in [-0.2, 0) is 9.59 Å². The van der Waals surface area contributed by atoms with Crippen molar-refractivity contribution in [1.82, 2.24) is 10.2 Å². The van der Waals surface area contributed by atoms with Crippen molar-refractivity contribution in [3.63, 3.8) is 0 Å². The molecule has 1 fully saturated rings. The highest BCUT2D eigenvalue weighted by Gasteiger charge is 2.34. The van der Waals surface area contributed by atoms with E-state index in [0.717, 1.165) is 16.0 Å². The summed E-state index contributed by atoms with van der Waals surface area (Å²) < 4.78 is 0. The SMILES string of the molecule is Cc1ccc(NC(=O)CN2C(=O)NC(=Cc3ccccc3)C2=O)cc1. The maximum absolute atomic E-state index is 12.3. The zero-order valence-electron chi connectivity index (χ0n) is 13.7. The third kappa shape index (κ3) is 3.92. The van der Waals surface area contributed by atoms with E-state index in [9.17, 15) is 14.4 Å². The molecule has 1 heterocycles. The van der Waals surface area contributed by atoms with Crippen molar-refractivity contribution in [1.29, 1.82) is 0 Å².